The molecule has 0 unspecified atom stereocenters. The molecule has 44 heavy (non-hydrogen) atoms. The number of imide groups is 4. The highest BCUT2D eigenvalue weighted by atomic mass is 35.5. The quantitative estimate of drug-likeness (QED) is 0.127. The van der Waals surface area contributed by atoms with Crippen LogP contribution < -0.4 is 4.90 Å². The first-order valence-corrected chi connectivity index (χ1v) is 13.6. The fraction of sp³-hybridized carbons (Fsp3) is 0.321. The monoisotopic (exact) mass is 658 g/mol. The summed E-state index contributed by atoms with van der Waals surface area (Å²) in [4.78, 5) is 61.6. The molecule has 3 fully saturated rings. The molecule has 9 nitrogen and oxygen atoms in total. The van der Waals surface area contributed by atoms with Gasteiger partial charge in [0.05, 0.1) is 18.9 Å². The number of hydrogen-bond acceptors (Lipinski definition) is 7. The van der Waals surface area contributed by atoms with E-state index in [1.54, 1.807) is 0 Å². The highest BCUT2D eigenvalue weighted by Crippen LogP contribution is 2.66. The summed E-state index contributed by atoms with van der Waals surface area (Å²) in [6.45, 7) is 0. The van der Waals surface area contributed by atoms with Crippen LogP contribution in [0, 0.1) is 46.8 Å². The highest BCUT2D eigenvalue weighted by molar-refractivity contribution is 6.58. The summed E-state index contributed by atoms with van der Waals surface area (Å²) >= 11 is 13.9. The predicted molar refractivity (Wildman–Crippen MR) is 139 cm³/mol. The second-order valence-electron chi connectivity index (χ2n) is 10.8. The van der Waals surface area contributed by atoms with E-state index in [2.05, 4.69) is 4.74 Å². The number of fused-ring (bicyclic) bond motifs is 4. The average Bonchev–Trinajstić information content (AvgIpc) is 3.34. The standard InChI is InChI=1S/C28H17Cl2F5N2O7/c1-44-26(43)37-22(39)12-7-6-11-13(14(12)23(37)40)8-27(29)24(41)36(21-19(34)17(32)16(31)18(33)20(21)35)25(42)28(27,30)15(11)9-2-4-10(38)5-3-9/h2-6,12-15,38H,7-8H2,1H3/t12-,13+,14-,15-,27+,28-/m0/s1. The Hall–Kier alpha value is -4.04. The molecule has 0 radical (unpaired) electrons. The predicted octanol–water partition coefficient (Wildman–Crippen LogP) is 4.42. The molecule has 2 aromatic rings. The van der Waals surface area contributed by atoms with Crippen molar-refractivity contribution in [3.8, 4) is 5.75 Å². The zero-order valence-electron chi connectivity index (χ0n) is 22.0. The van der Waals surface area contributed by atoms with E-state index >= 15 is 0 Å². The summed E-state index contributed by atoms with van der Waals surface area (Å²) in [6, 6.07) is 4.96. The third kappa shape index (κ3) is 3.54. The number of nitrogens with zero attached hydrogens (tertiary/aromatic N) is 2. The second-order valence-corrected chi connectivity index (χ2v) is 12.0. The molecule has 2 aromatic carbocycles. The van der Waals surface area contributed by atoms with Gasteiger partial charge in [0.2, 0.25) is 17.6 Å². The van der Waals surface area contributed by atoms with Gasteiger partial charge in [0.1, 0.15) is 11.4 Å². The van der Waals surface area contributed by atoms with Gasteiger partial charge in [0.15, 0.2) is 33.0 Å². The Kier molecular flexibility index (Phi) is 6.64. The number of hydrogen-bond donors (Lipinski definition) is 1. The maximum absolute atomic E-state index is 15.0. The highest BCUT2D eigenvalue weighted by Gasteiger charge is 2.77. The Balaban J connectivity index is 1.58. The van der Waals surface area contributed by atoms with Gasteiger partial charge in [-0.15, -0.1) is 23.2 Å². The van der Waals surface area contributed by atoms with E-state index in [-0.39, 0.29) is 28.2 Å². The average molecular weight is 659 g/mol. The summed E-state index contributed by atoms with van der Waals surface area (Å²) in [5.41, 5.74) is -1.59. The third-order valence-corrected chi connectivity index (χ3v) is 10.2. The summed E-state index contributed by atoms with van der Waals surface area (Å²) in [6.07, 6.45) is -0.660. The summed E-state index contributed by atoms with van der Waals surface area (Å²) in [5.74, 6) is -22.9. The molecule has 0 spiro atoms. The van der Waals surface area contributed by atoms with Gasteiger partial charge in [-0.05, 0) is 36.5 Å². The molecule has 2 aliphatic heterocycles. The van der Waals surface area contributed by atoms with Crippen LogP contribution in [0.3, 0.4) is 0 Å². The Morgan fingerprint density at radius 1 is 0.886 bits per heavy atom. The van der Waals surface area contributed by atoms with Gasteiger partial charge in [-0.2, -0.15) is 4.90 Å². The molecule has 2 saturated heterocycles. The molecule has 0 aromatic heterocycles. The number of ether oxygens (including phenoxy) is 1. The van der Waals surface area contributed by atoms with E-state index in [1.807, 2.05) is 0 Å². The lowest BCUT2D eigenvalue weighted by molar-refractivity contribution is -0.138. The number of halogens is 7. The van der Waals surface area contributed by atoms with Crippen LogP contribution >= 0.6 is 23.2 Å². The van der Waals surface area contributed by atoms with Gasteiger partial charge in [-0.1, -0.05) is 23.8 Å². The van der Waals surface area contributed by atoms with Crippen molar-refractivity contribution in [2.75, 3.05) is 12.0 Å². The minimum absolute atomic E-state index is 0.110. The number of alkyl halides is 2. The number of methoxy groups -OCH3 is 1. The number of carbonyl (C=O) groups is 5. The van der Waals surface area contributed by atoms with Crippen molar-refractivity contribution >= 4 is 58.6 Å². The van der Waals surface area contributed by atoms with Crippen LogP contribution in [0.15, 0.2) is 35.9 Å². The van der Waals surface area contributed by atoms with Crippen LogP contribution in [0.1, 0.15) is 24.3 Å². The van der Waals surface area contributed by atoms with Crippen molar-refractivity contribution in [3.63, 3.8) is 0 Å². The summed E-state index contributed by atoms with van der Waals surface area (Å²) in [7, 11) is 0.947. The van der Waals surface area contributed by atoms with E-state index in [0.29, 0.717) is 4.90 Å². The first-order chi connectivity index (χ1) is 20.6. The Bertz CT molecular complexity index is 1730. The molecule has 6 atom stereocenters. The number of amides is 5. The number of phenols is 1. The first kappa shape index (κ1) is 30.0. The van der Waals surface area contributed by atoms with Crippen molar-refractivity contribution in [1.82, 2.24) is 4.90 Å². The molecule has 16 heteroatoms. The first-order valence-electron chi connectivity index (χ1n) is 12.9. The number of carbonyl (C=O) groups excluding carboxylic acids is 5. The molecular formula is C28H17Cl2F5N2O7. The lowest BCUT2D eigenvalue weighted by Crippen LogP contribution is -2.60. The maximum atomic E-state index is 15.0. The van der Waals surface area contributed by atoms with Gasteiger partial charge in [0.25, 0.3) is 11.8 Å². The number of anilines is 1. The maximum Gasteiger partial charge on any atom is 0.423 e. The molecule has 2 aliphatic carbocycles. The van der Waals surface area contributed by atoms with E-state index in [4.69, 9.17) is 23.2 Å². The Morgan fingerprint density at radius 2 is 1.45 bits per heavy atom. The minimum atomic E-state index is -2.69. The number of allylic oxidation sites excluding steroid dienone is 2. The lowest BCUT2D eigenvalue weighted by atomic mass is 9.56. The summed E-state index contributed by atoms with van der Waals surface area (Å²) < 4.78 is 76.9. The third-order valence-electron chi connectivity index (χ3n) is 8.81. The molecule has 2 heterocycles. The molecule has 0 bridgehead atoms. The largest absolute Gasteiger partial charge is 0.508 e. The minimum Gasteiger partial charge on any atom is -0.508 e. The fourth-order valence-electron chi connectivity index (χ4n) is 6.88. The van der Waals surface area contributed by atoms with E-state index in [0.717, 1.165) is 7.11 Å². The normalized spacial score (nSPS) is 31.1. The zero-order valence-corrected chi connectivity index (χ0v) is 23.6. The number of likely N-dealkylation sites (tertiary alicyclic amines) is 1. The van der Waals surface area contributed by atoms with Gasteiger partial charge in [-0.25, -0.2) is 31.6 Å². The molecule has 6 rings (SSSR count). The van der Waals surface area contributed by atoms with Gasteiger partial charge >= 0.3 is 6.09 Å². The van der Waals surface area contributed by atoms with Crippen molar-refractivity contribution in [2.24, 2.45) is 17.8 Å². The molecule has 1 N–H and O–H groups in total. The van der Waals surface area contributed by atoms with Crippen LogP contribution in [0.5, 0.6) is 5.75 Å². The molecular weight excluding hydrogens is 642 g/mol. The van der Waals surface area contributed by atoms with E-state index in [9.17, 15) is 51.0 Å². The van der Waals surface area contributed by atoms with Crippen molar-refractivity contribution in [1.29, 1.82) is 0 Å². The summed E-state index contributed by atoms with van der Waals surface area (Å²) in [5, 5.41) is 9.88. The smallest absolute Gasteiger partial charge is 0.423 e. The second kappa shape index (κ2) is 9.73. The zero-order chi connectivity index (χ0) is 32.2. The topological polar surface area (TPSA) is 121 Å². The van der Waals surface area contributed by atoms with Gasteiger partial charge in [0, 0.05) is 5.92 Å². The fourth-order valence-corrected chi connectivity index (χ4v) is 7.81. The van der Waals surface area contributed by atoms with Crippen LogP contribution in [-0.4, -0.2) is 56.6 Å². The number of benzene rings is 2. The molecule has 5 amide bonds. The SMILES string of the molecule is COC(=O)N1C(=O)[C@H]2[C@H](CC=C3[C@H]2C[C@@]2(Cl)C(=O)N(c4c(F)c(F)c(F)c(F)c4F)C(=O)[C@@]2(Cl)[C@H]3c2ccc(O)cc2)C1=O. The molecule has 4 aliphatic rings. The van der Waals surface area contributed by atoms with Gasteiger partial charge in [-0.3, -0.25) is 19.2 Å². The van der Waals surface area contributed by atoms with Crippen molar-refractivity contribution in [2.45, 2.75) is 28.5 Å². The number of rotatable bonds is 2. The van der Waals surface area contributed by atoms with Crippen LogP contribution in [0.25, 0.3) is 0 Å². The number of phenolic OH excluding ortho intramolecular Hbond substituents is 1. The molecule has 230 valence electrons. The molecule has 1 saturated carbocycles. The number of aromatic hydroxyl groups is 1. The van der Waals surface area contributed by atoms with Crippen molar-refractivity contribution in [3.05, 3.63) is 70.6 Å². The Labute approximate surface area is 253 Å². The van der Waals surface area contributed by atoms with Crippen LogP contribution in [0.4, 0.5) is 32.4 Å². The lowest BCUT2D eigenvalue weighted by Gasteiger charge is -2.50. The van der Waals surface area contributed by atoms with Gasteiger partial charge < -0.3 is 9.84 Å². The van der Waals surface area contributed by atoms with Crippen LogP contribution in [-0.2, 0) is 23.9 Å². The Morgan fingerprint density at radius 3 is 2.02 bits per heavy atom. The van der Waals surface area contributed by atoms with Crippen LogP contribution in [0.2, 0.25) is 0 Å². The van der Waals surface area contributed by atoms with E-state index in [1.165, 1.54) is 30.3 Å². The van der Waals surface area contributed by atoms with E-state index < -0.39 is 104 Å². The van der Waals surface area contributed by atoms with Crippen molar-refractivity contribution < 1.29 is 55.8 Å².